The van der Waals surface area contributed by atoms with Crippen LogP contribution in [0.1, 0.15) is 32.4 Å². The van der Waals surface area contributed by atoms with Crippen molar-refractivity contribution >= 4 is 44.8 Å². The van der Waals surface area contributed by atoms with E-state index >= 15 is 0 Å². The van der Waals surface area contributed by atoms with Crippen LogP contribution in [0.25, 0.3) is 0 Å². The lowest BCUT2D eigenvalue weighted by atomic mass is 9.70. The number of halogens is 1. The van der Waals surface area contributed by atoms with Crippen LogP contribution in [0.4, 0.5) is 11.6 Å². The summed E-state index contributed by atoms with van der Waals surface area (Å²) in [5.41, 5.74) is 0.789. The van der Waals surface area contributed by atoms with Crippen molar-refractivity contribution in [2.75, 3.05) is 54.6 Å². The number of pyridine rings is 1. The van der Waals surface area contributed by atoms with E-state index in [0.29, 0.717) is 46.7 Å². The van der Waals surface area contributed by atoms with E-state index in [0.717, 1.165) is 43.3 Å². The minimum Gasteiger partial charge on any atom is -0.390 e. The molecule has 3 fully saturated rings. The second kappa shape index (κ2) is 10.5. The fraction of sp³-hybridized carbons (Fsp3) is 0.640. The maximum Gasteiger partial charge on any atom is 0.152 e. The Kier molecular flexibility index (Phi) is 7.63. The molecule has 202 valence electrons. The molecular weight excluding hydrogens is 534 g/mol. The van der Waals surface area contributed by atoms with Crippen LogP contribution in [-0.2, 0) is 21.2 Å². The van der Waals surface area contributed by atoms with Gasteiger partial charge in [0.1, 0.15) is 26.4 Å². The number of aromatic nitrogens is 3. The number of hydrogen-bond acceptors (Lipinski definition) is 10. The van der Waals surface area contributed by atoms with E-state index in [1.165, 1.54) is 18.0 Å². The van der Waals surface area contributed by atoms with Crippen LogP contribution < -0.4 is 9.80 Å². The van der Waals surface area contributed by atoms with Crippen molar-refractivity contribution in [3.63, 3.8) is 0 Å². The number of sulfone groups is 1. The van der Waals surface area contributed by atoms with E-state index in [-0.39, 0.29) is 23.7 Å². The third-order valence-electron chi connectivity index (χ3n) is 8.16. The summed E-state index contributed by atoms with van der Waals surface area (Å²) in [5, 5.41) is 11.2. The molecule has 1 N–H and O–H groups in total. The zero-order valence-corrected chi connectivity index (χ0v) is 23.8. The average molecular weight is 568 g/mol. The number of aliphatic hydroxyl groups excluding tert-OH is 1. The van der Waals surface area contributed by atoms with Crippen LogP contribution >= 0.6 is 23.4 Å². The summed E-state index contributed by atoms with van der Waals surface area (Å²) in [6, 6.07) is 1.83. The standard InChI is InChI=1S/C25H34ClN5O4S2/c1-16-17(2)35-15-25(16)5-8-30(9-6-25)23-19(13-32)29-21(10-28-23)36-20-4-7-27-24(22(20)26)31-11-18(12-31)14-37(3,33)34/h4,7,10,16-18,32H,5-6,8-9,11-15H2,1-3H3/t16-,17+/m1/s1. The quantitative estimate of drug-likeness (QED) is 0.535. The smallest absolute Gasteiger partial charge is 0.152 e. The molecule has 0 unspecified atom stereocenters. The molecule has 5 rings (SSSR count). The molecule has 3 saturated heterocycles. The molecule has 0 amide bonds. The van der Waals surface area contributed by atoms with Crippen LogP contribution in [0.3, 0.4) is 0 Å². The summed E-state index contributed by atoms with van der Waals surface area (Å²) < 4.78 is 29.1. The van der Waals surface area contributed by atoms with E-state index < -0.39 is 9.84 Å². The molecule has 2 atom stereocenters. The van der Waals surface area contributed by atoms with E-state index in [4.69, 9.17) is 26.3 Å². The molecule has 0 saturated carbocycles. The lowest BCUT2D eigenvalue weighted by Crippen LogP contribution is -2.50. The maximum absolute atomic E-state index is 11.6. The van der Waals surface area contributed by atoms with E-state index in [1.807, 2.05) is 11.0 Å². The van der Waals surface area contributed by atoms with Gasteiger partial charge in [-0.3, -0.25) is 0 Å². The highest BCUT2D eigenvalue weighted by atomic mass is 35.5. The predicted octanol–water partition coefficient (Wildman–Crippen LogP) is 3.29. The first-order valence-corrected chi connectivity index (χ1v) is 15.9. The fourth-order valence-electron chi connectivity index (χ4n) is 5.76. The first-order valence-electron chi connectivity index (χ1n) is 12.7. The summed E-state index contributed by atoms with van der Waals surface area (Å²) in [4.78, 5) is 18.8. The number of ether oxygens (including phenoxy) is 1. The highest BCUT2D eigenvalue weighted by molar-refractivity contribution is 7.99. The van der Waals surface area contributed by atoms with Crippen molar-refractivity contribution in [3.8, 4) is 0 Å². The van der Waals surface area contributed by atoms with Gasteiger partial charge in [-0.25, -0.2) is 23.4 Å². The van der Waals surface area contributed by atoms with Crippen molar-refractivity contribution < 1.29 is 18.3 Å². The summed E-state index contributed by atoms with van der Waals surface area (Å²) >= 11 is 8.07. The zero-order valence-electron chi connectivity index (χ0n) is 21.4. The summed E-state index contributed by atoms with van der Waals surface area (Å²) in [7, 11) is -3.01. The Morgan fingerprint density at radius 2 is 1.92 bits per heavy atom. The number of nitrogens with zero attached hydrogens (tertiary/aromatic N) is 5. The average Bonchev–Trinajstić information content (AvgIpc) is 3.11. The van der Waals surface area contributed by atoms with Crippen LogP contribution in [0.15, 0.2) is 28.4 Å². The van der Waals surface area contributed by atoms with Crippen LogP contribution in [-0.4, -0.2) is 79.4 Å². The second-order valence-electron chi connectivity index (χ2n) is 10.7. The van der Waals surface area contributed by atoms with Crippen LogP contribution in [0.2, 0.25) is 5.02 Å². The van der Waals surface area contributed by atoms with Gasteiger partial charge in [0.15, 0.2) is 5.82 Å². The van der Waals surface area contributed by atoms with Crippen LogP contribution in [0, 0.1) is 17.3 Å². The molecule has 37 heavy (non-hydrogen) atoms. The van der Waals surface area contributed by atoms with Crippen molar-refractivity contribution in [1.82, 2.24) is 15.0 Å². The monoisotopic (exact) mass is 567 g/mol. The summed E-state index contributed by atoms with van der Waals surface area (Å²) in [6.45, 7) is 8.03. The molecule has 0 aliphatic carbocycles. The van der Waals surface area contributed by atoms with Crippen molar-refractivity contribution in [2.24, 2.45) is 17.3 Å². The molecular formula is C25H34ClN5O4S2. The molecule has 2 aromatic heterocycles. The van der Waals surface area contributed by atoms with Gasteiger partial charge in [-0.15, -0.1) is 0 Å². The van der Waals surface area contributed by atoms with Crippen molar-refractivity contribution in [1.29, 1.82) is 0 Å². The third-order valence-corrected chi connectivity index (χ3v) is 10.7. The molecule has 9 nitrogen and oxygen atoms in total. The van der Waals surface area contributed by atoms with Gasteiger partial charge in [0.25, 0.3) is 0 Å². The molecule has 0 aromatic carbocycles. The van der Waals surface area contributed by atoms with Gasteiger partial charge in [-0.05, 0) is 31.7 Å². The first-order chi connectivity index (χ1) is 17.6. The number of anilines is 2. The number of rotatable bonds is 7. The molecule has 3 aliphatic heterocycles. The second-order valence-corrected chi connectivity index (χ2v) is 14.3. The van der Waals surface area contributed by atoms with E-state index in [1.54, 1.807) is 12.4 Å². The van der Waals surface area contributed by atoms with Crippen molar-refractivity contribution in [2.45, 2.75) is 49.3 Å². The highest BCUT2D eigenvalue weighted by Crippen LogP contribution is 2.47. The Bertz CT molecular complexity index is 1250. The Morgan fingerprint density at radius 3 is 2.54 bits per heavy atom. The van der Waals surface area contributed by atoms with Crippen molar-refractivity contribution in [3.05, 3.63) is 29.2 Å². The van der Waals surface area contributed by atoms with E-state index in [2.05, 4.69) is 23.7 Å². The SMILES string of the molecule is C[C@@H]1OCC2(CCN(c3ncc(Sc4ccnc(N5CC(CS(C)(=O)=O)C5)c4Cl)nc3CO)CC2)[C@@H]1C. The largest absolute Gasteiger partial charge is 0.390 e. The first kappa shape index (κ1) is 26.9. The maximum atomic E-state index is 11.6. The number of aliphatic hydroxyl groups is 1. The minimum absolute atomic E-state index is 0.0900. The third kappa shape index (κ3) is 5.56. The normalized spacial score (nSPS) is 24.0. The Balaban J connectivity index is 1.26. The Morgan fingerprint density at radius 1 is 1.19 bits per heavy atom. The summed E-state index contributed by atoms with van der Waals surface area (Å²) in [6.07, 6.45) is 7.07. The van der Waals surface area contributed by atoms with Gasteiger partial charge in [0, 0.05) is 54.9 Å². The Hall–Kier alpha value is -1.66. The van der Waals surface area contributed by atoms with Gasteiger partial charge < -0.3 is 19.6 Å². The lowest BCUT2D eigenvalue weighted by molar-refractivity contribution is 0.0969. The molecule has 2 aromatic rings. The molecule has 5 heterocycles. The van der Waals surface area contributed by atoms with Crippen LogP contribution in [0.5, 0.6) is 0 Å². The Labute approximate surface area is 227 Å². The topological polar surface area (TPSA) is 109 Å². The van der Waals surface area contributed by atoms with E-state index in [9.17, 15) is 13.5 Å². The molecule has 0 radical (unpaired) electrons. The zero-order chi connectivity index (χ0) is 26.4. The molecule has 0 bridgehead atoms. The number of hydrogen-bond donors (Lipinski definition) is 1. The molecule has 1 spiro atoms. The number of piperidine rings is 1. The van der Waals surface area contributed by atoms with Gasteiger partial charge >= 0.3 is 0 Å². The fourth-order valence-corrected chi connectivity index (χ4v) is 7.97. The highest BCUT2D eigenvalue weighted by Gasteiger charge is 2.47. The van der Waals surface area contributed by atoms with Gasteiger partial charge in [0.2, 0.25) is 0 Å². The summed E-state index contributed by atoms with van der Waals surface area (Å²) in [5.74, 6) is 2.18. The van der Waals surface area contributed by atoms with Gasteiger partial charge in [-0.1, -0.05) is 30.3 Å². The predicted molar refractivity (Wildman–Crippen MR) is 145 cm³/mol. The van der Waals surface area contributed by atoms with Gasteiger partial charge in [0.05, 0.1) is 36.3 Å². The lowest BCUT2D eigenvalue weighted by Gasteiger charge is -2.42. The molecule has 3 aliphatic rings. The van der Waals surface area contributed by atoms with Gasteiger partial charge in [-0.2, -0.15) is 0 Å². The minimum atomic E-state index is -3.01. The molecule has 12 heteroatoms.